The van der Waals surface area contributed by atoms with Gasteiger partial charge in [0.2, 0.25) is 0 Å². The van der Waals surface area contributed by atoms with E-state index >= 15 is 0 Å². The summed E-state index contributed by atoms with van der Waals surface area (Å²) in [5.74, 6) is 0.609. The number of rotatable bonds is 1. The van der Waals surface area contributed by atoms with Crippen molar-refractivity contribution >= 4 is 5.97 Å². The second kappa shape index (κ2) is 28.5. The summed E-state index contributed by atoms with van der Waals surface area (Å²) in [5.41, 5.74) is -0.328. The number of hydrogen-bond acceptors (Lipinski definition) is 4. The Morgan fingerprint density at radius 1 is 0.955 bits per heavy atom. The van der Waals surface area contributed by atoms with Crippen LogP contribution >= 0.6 is 0 Å². The summed E-state index contributed by atoms with van der Waals surface area (Å²) in [6, 6.07) is 0. The van der Waals surface area contributed by atoms with E-state index in [-0.39, 0.29) is 11.6 Å². The summed E-state index contributed by atoms with van der Waals surface area (Å²) in [5, 5.41) is 0. The average Bonchev–Trinajstić information content (AvgIpc) is 2.27. The monoisotopic (exact) mass is 324 g/mol. The van der Waals surface area contributed by atoms with Gasteiger partial charge in [0.25, 0.3) is 0 Å². The van der Waals surface area contributed by atoms with E-state index in [0.29, 0.717) is 0 Å². The smallest absolute Gasteiger partial charge is 0.303 e. The molecule has 0 unspecified atom stereocenters. The topological polar surface area (TPSA) is 44.8 Å². The lowest BCUT2D eigenvalue weighted by Crippen LogP contribution is -2.21. The van der Waals surface area contributed by atoms with Crippen LogP contribution in [0.15, 0.2) is 0 Å². The van der Waals surface area contributed by atoms with E-state index in [2.05, 4.69) is 44.1 Å². The lowest BCUT2D eigenvalue weighted by molar-refractivity contribution is -0.151. The maximum atomic E-state index is 10.2. The zero-order valence-corrected chi connectivity index (χ0v) is 17.6. The SMILES string of the molecule is CC(=O)OC(C)(C)C.CC(C)C.CCC.CCOC.COC. The van der Waals surface area contributed by atoms with Crippen LogP contribution in [-0.4, -0.2) is 39.5 Å². The standard InChI is InChI=1S/C6H12O2.C4H10.C3H8O.C3H8.C2H6O/c1-5(7)8-6(2,3)4;1-4(2)3;1-3-4-2;2*1-3-2/h1-4H3;4H,1-3H3;3H2,1-2H3;3H2,1-2H3;1-2H3. The Hall–Kier alpha value is -0.610. The molecule has 0 aromatic heterocycles. The molecule has 22 heavy (non-hydrogen) atoms. The largest absolute Gasteiger partial charge is 0.460 e. The van der Waals surface area contributed by atoms with Crippen molar-refractivity contribution in [2.24, 2.45) is 5.92 Å². The van der Waals surface area contributed by atoms with Crippen molar-refractivity contribution in [3.8, 4) is 0 Å². The fourth-order valence-electron chi connectivity index (χ4n) is 0.431. The Morgan fingerprint density at radius 2 is 1.14 bits per heavy atom. The van der Waals surface area contributed by atoms with Gasteiger partial charge in [0.05, 0.1) is 0 Å². The second-order valence-electron chi connectivity index (χ2n) is 6.13. The highest BCUT2D eigenvalue weighted by atomic mass is 16.6. The Bertz CT molecular complexity index is 166. The van der Waals surface area contributed by atoms with Crippen molar-refractivity contribution in [3.05, 3.63) is 0 Å². The lowest BCUT2D eigenvalue weighted by Gasteiger charge is -2.17. The van der Waals surface area contributed by atoms with Gasteiger partial charge in [-0.2, -0.15) is 0 Å². The van der Waals surface area contributed by atoms with E-state index in [1.165, 1.54) is 13.3 Å². The first-order valence-corrected chi connectivity index (χ1v) is 7.98. The quantitative estimate of drug-likeness (QED) is 0.610. The van der Waals surface area contributed by atoms with Crippen molar-refractivity contribution in [2.45, 2.75) is 81.3 Å². The van der Waals surface area contributed by atoms with E-state index in [1.54, 1.807) is 21.3 Å². The molecule has 4 heteroatoms. The van der Waals surface area contributed by atoms with E-state index in [1.807, 2.05) is 27.7 Å². The Labute approximate surface area is 140 Å². The Morgan fingerprint density at radius 3 is 1.14 bits per heavy atom. The van der Waals surface area contributed by atoms with Crippen molar-refractivity contribution < 1.29 is 19.0 Å². The van der Waals surface area contributed by atoms with Crippen LogP contribution in [0.25, 0.3) is 0 Å². The van der Waals surface area contributed by atoms with Crippen LogP contribution in [0.1, 0.15) is 75.7 Å². The van der Waals surface area contributed by atoms with Gasteiger partial charge in [-0.25, -0.2) is 0 Å². The van der Waals surface area contributed by atoms with Crippen LogP contribution in [0.2, 0.25) is 0 Å². The third-order valence-electron chi connectivity index (χ3n) is 0.739. The van der Waals surface area contributed by atoms with Crippen molar-refractivity contribution in [1.82, 2.24) is 0 Å². The zero-order valence-electron chi connectivity index (χ0n) is 17.6. The zero-order chi connectivity index (χ0) is 19.2. The molecular weight excluding hydrogens is 280 g/mol. The summed E-state index contributed by atoms with van der Waals surface area (Å²) in [7, 11) is 4.93. The highest BCUT2D eigenvalue weighted by Crippen LogP contribution is 2.05. The molecule has 0 aliphatic heterocycles. The van der Waals surface area contributed by atoms with Gasteiger partial charge in [-0.3, -0.25) is 4.79 Å². The first kappa shape index (κ1) is 33.1. The summed E-state index contributed by atoms with van der Waals surface area (Å²) < 4.78 is 13.6. The Balaban J connectivity index is -0.0000000592. The summed E-state index contributed by atoms with van der Waals surface area (Å²) in [4.78, 5) is 10.2. The maximum absolute atomic E-state index is 10.2. The highest BCUT2D eigenvalue weighted by Gasteiger charge is 2.11. The van der Waals surface area contributed by atoms with Gasteiger partial charge in [0.1, 0.15) is 5.60 Å². The van der Waals surface area contributed by atoms with Crippen molar-refractivity contribution in [3.63, 3.8) is 0 Å². The minimum Gasteiger partial charge on any atom is -0.460 e. The van der Waals surface area contributed by atoms with E-state index in [9.17, 15) is 4.79 Å². The predicted octanol–water partition coefficient (Wildman–Crippen LogP) is 5.34. The summed E-state index contributed by atoms with van der Waals surface area (Å²) >= 11 is 0. The molecule has 0 rings (SSSR count). The molecule has 0 bridgehead atoms. The third kappa shape index (κ3) is 226. The van der Waals surface area contributed by atoms with Crippen LogP contribution in [-0.2, 0) is 19.0 Å². The fourth-order valence-corrected chi connectivity index (χ4v) is 0.431. The fraction of sp³-hybridized carbons (Fsp3) is 0.944. The van der Waals surface area contributed by atoms with E-state index < -0.39 is 0 Å². The third-order valence-corrected chi connectivity index (χ3v) is 0.739. The minimum atomic E-state index is -0.328. The van der Waals surface area contributed by atoms with Crippen molar-refractivity contribution in [2.75, 3.05) is 27.9 Å². The van der Waals surface area contributed by atoms with Gasteiger partial charge in [0, 0.05) is 34.9 Å². The molecule has 0 N–H and O–H groups in total. The molecule has 4 nitrogen and oxygen atoms in total. The molecule has 140 valence electrons. The normalized spacial score (nSPS) is 8.64. The minimum absolute atomic E-state index is 0.225. The molecule has 0 fully saturated rings. The van der Waals surface area contributed by atoms with Gasteiger partial charge in [-0.05, 0) is 33.6 Å². The van der Waals surface area contributed by atoms with Gasteiger partial charge in [-0.1, -0.05) is 41.0 Å². The van der Waals surface area contributed by atoms with Gasteiger partial charge in [0.15, 0.2) is 0 Å². The first-order valence-electron chi connectivity index (χ1n) is 7.98. The van der Waals surface area contributed by atoms with Crippen LogP contribution in [0.5, 0.6) is 0 Å². The molecule has 0 radical (unpaired) electrons. The summed E-state index contributed by atoms with van der Waals surface area (Å²) in [6.07, 6.45) is 1.25. The number of esters is 1. The Kier molecular flexibility index (Phi) is 42.9. The van der Waals surface area contributed by atoms with E-state index in [0.717, 1.165) is 12.5 Å². The predicted molar refractivity (Wildman–Crippen MR) is 98.5 cm³/mol. The first-order chi connectivity index (χ1) is 9.89. The summed E-state index contributed by atoms with van der Waals surface area (Å²) in [6.45, 7) is 20.5. The molecule has 0 aromatic carbocycles. The van der Waals surface area contributed by atoms with Gasteiger partial charge in [-0.15, -0.1) is 0 Å². The molecule has 0 saturated heterocycles. The maximum Gasteiger partial charge on any atom is 0.303 e. The van der Waals surface area contributed by atoms with Crippen LogP contribution < -0.4 is 0 Å². The molecule has 0 spiro atoms. The second-order valence-corrected chi connectivity index (χ2v) is 6.13. The highest BCUT2D eigenvalue weighted by molar-refractivity contribution is 5.66. The molecule has 0 atom stereocenters. The van der Waals surface area contributed by atoms with Crippen molar-refractivity contribution in [1.29, 1.82) is 0 Å². The number of carbonyl (C=O) groups is 1. The van der Waals surface area contributed by atoms with Crippen LogP contribution in [0.3, 0.4) is 0 Å². The molecule has 0 heterocycles. The molecule has 0 amide bonds. The molecule has 0 aliphatic carbocycles. The van der Waals surface area contributed by atoms with Crippen LogP contribution in [0.4, 0.5) is 0 Å². The molecule has 0 aromatic rings. The number of carbonyl (C=O) groups excluding carboxylic acids is 1. The lowest BCUT2D eigenvalue weighted by atomic mass is 10.2. The number of methoxy groups -OCH3 is 2. The number of ether oxygens (including phenoxy) is 3. The molecular formula is C18H44O4. The average molecular weight is 325 g/mol. The van der Waals surface area contributed by atoms with Gasteiger partial charge >= 0.3 is 5.97 Å². The van der Waals surface area contributed by atoms with E-state index in [4.69, 9.17) is 4.74 Å². The van der Waals surface area contributed by atoms with Gasteiger partial charge < -0.3 is 14.2 Å². The molecule has 0 saturated carbocycles. The number of hydrogen-bond donors (Lipinski definition) is 0. The van der Waals surface area contributed by atoms with Crippen LogP contribution in [0, 0.1) is 5.92 Å². The molecule has 0 aliphatic rings.